The molecule has 174 valence electrons. The van der Waals surface area contributed by atoms with Crippen LogP contribution in [0.1, 0.15) is 56.1 Å². The molecule has 33 heavy (non-hydrogen) atoms. The number of carbonyl (C=O) groups is 1. The number of amides is 1. The molecule has 0 radical (unpaired) electrons. The van der Waals surface area contributed by atoms with Gasteiger partial charge in [-0.05, 0) is 61.2 Å². The number of carbonyl (C=O) groups excluding carboxylic acids is 1. The summed E-state index contributed by atoms with van der Waals surface area (Å²) in [6, 6.07) is 20.8. The molecule has 5 heteroatoms. The van der Waals surface area contributed by atoms with E-state index in [2.05, 4.69) is 32.2 Å². The molecule has 1 amide bonds. The molecule has 0 saturated carbocycles. The maximum atomic E-state index is 13.0. The van der Waals surface area contributed by atoms with Crippen molar-refractivity contribution in [1.29, 1.82) is 0 Å². The van der Waals surface area contributed by atoms with Crippen molar-refractivity contribution in [3.63, 3.8) is 0 Å². The van der Waals surface area contributed by atoms with Crippen LogP contribution >= 0.6 is 0 Å². The number of anilines is 1. The van der Waals surface area contributed by atoms with Crippen LogP contribution in [0, 0.1) is 0 Å². The van der Waals surface area contributed by atoms with E-state index in [-0.39, 0.29) is 11.3 Å². The fraction of sp³-hybridized carbons (Fsp3) is 0.321. The van der Waals surface area contributed by atoms with Crippen molar-refractivity contribution in [1.82, 2.24) is 0 Å². The lowest BCUT2D eigenvalue weighted by Crippen LogP contribution is -2.15. The van der Waals surface area contributed by atoms with Gasteiger partial charge in [0.1, 0.15) is 23.9 Å². The zero-order valence-corrected chi connectivity index (χ0v) is 20.1. The zero-order chi connectivity index (χ0) is 23.8. The fourth-order valence-corrected chi connectivity index (χ4v) is 3.54. The zero-order valence-electron chi connectivity index (χ0n) is 20.1. The highest BCUT2D eigenvalue weighted by molar-refractivity contribution is 6.05. The third-order valence-electron chi connectivity index (χ3n) is 5.14. The normalized spacial score (nSPS) is 11.1. The number of benzene rings is 3. The molecule has 0 aliphatic heterocycles. The molecule has 1 N–H and O–H groups in total. The van der Waals surface area contributed by atoms with E-state index in [1.807, 2.05) is 68.4 Å². The smallest absolute Gasteiger partial charge is 0.255 e. The van der Waals surface area contributed by atoms with Crippen LogP contribution in [0.15, 0.2) is 66.7 Å². The van der Waals surface area contributed by atoms with Gasteiger partial charge in [-0.15, -0.1) is 0 Å². The summed E-state index contributed by atoms with van der Waals surface area (Å²) in [5.41, 5.74) is 3.05. The predicted octanol–water partition coefficient (Wildman–Crippen LogP) is 6.61. The maximum Gasteiger partial charge on any atom is 0.255 e. The lowest BCUT2D eigenvalue weighted by molar-refractivity contribution is 0.102. The lowest BCUT2D eigenvalue weighted by Gasteiger charge is -2.23. The first kappa shape index (κ1) is 24.2. The predicted molar refractivity (Wildman–Crippen MR) is 133 cm³/mol. The van der Waals surface area contributed by atoms with Gasteiger partial charge in [0.2, 0.25) is 0 Å². The Bertz CT molecular complexity index is 1090. The van der Waals surface area contributed by atoms with Crippen LogP contribution in [0.5, 0.6) is 17.2 Å². The Balaban J connectivity index is 1.84. The Morgan fingerprint density at radius 1 is 0.788 bits per heavy atom. The molecule has 3 rings (SSSR count). The minimum atomic E-state index is -0.221. The van der Waals surface area contributed by atoms with Gasteiger partial charge in [0.25, 0.3) is 5.91 Å². The second-order valence-corrected chi connectivity index (χ2v) is 8.67. The van der Waals surface area contributed by atoms with Gasteiger partial charge in [-0.25, -0.2) is 0 Å². The lowest BCUT2D eigenvalue weighted by atomic mass is 9.86. The molecule has 3 aromatic carbocycles. The summed E-state index contributed by atoms with van der Waals surface area (Å²) in [5.74, 6) is 1.95. The standard InChI is InChI=1S/C28H33NO4/c1-6-31-24-17-16-20(27(30)29-23-13-9-11-15-26(23)32-7-2)18-21(24)19-33-25-14-10-8-12-22(25)28(3,4)5/h8-18H,6-7,19H2,1-5H3,(H,29,30). The molecule has 0 heterocycles. The number of rotatable bonds is 9. The van der Waals surface area contributed by atoms with E-state index in [1.165, 1.54) is 0 Å². The summed E-state index contributed by atoms with van der Waals surface area (Å²) >= 11 is 0. The molecule has 0 unspecified atom stereocenters. The summed E-state index contributed by atoms with van der Waals surface area (Å²) in [6.45, 7) is 11.7. The van der Waals surface area contributed by atoms with E-state index < -0.39 is 0 Å². The minimum Gasteiger partial charge on any atom is -0.493 e. The van der Waals surface area contributed by atoms with E-state index in [1.54, 1.807) is 6.07 Å². The third-order valence-corrected chi connectivity index (χ3v) is 5.14. The summed E-state index contributed by atoms with van der Waals surface area (Å²) in [4.78, 5) is 13.0. The van der Waals surface area contributed by atoms with Crippen LogP contribution in [-0.4, -0.2) is 19.1 Å². The number of ether oxygens (including phenoxy) is 3. The summed E-state index contributed by atoms with van der Waals surface area (Å²) < 4.78 is 17.6. The minimum absolute atomic E-state index is 0.0466. The van der Waals surface area contributed by atoms with Crippen LogP contribution in [0.25, 0.3) is 0 Å². The maximum absolute atomic E-state index is 13.0. The van der Waals surface area contributed by atoms with E-state index in [0.717, 1.165) is 16.9 Å². The second-order valence-electron chi connectivity index (χ2n) is 8.67. The van der Waals surface area contributed by atoms with Gasteiger partial charge in [0.05, 0.1) is 18.9 Å². The Labute approximate surface area is 196 Å². The Morgan fingerprint density at radius 3 is 2.12 bits per heavy atom. The molecular formula is C28H33NO4. The quantitative estimate of drug-likeness (QED) is 0.401. The van der Waals surface area contributed by atoms with Crippen molar-refractivity contribution >= 4 is 11.6 Å². The van der Waals surface area contributed by atoms with Gasteiger partial charge in [0, 0.05) is 11.1 Å². The van der Waals surface area contributed by atoms with Gasteiger partial charge in [-0.1, -0.05) is 51.1 Å². The summed E-state index contributed by atoms with van der Waals surface area (Å²) in [6.07, 6.45) is 0. The molecule has 0 aliphatic rings. The summed E-state index contributed by atoms with van der Waals surface area (Å²) in [7, 11) is 0. The number of nitrogens with one attached hydrogen (secondary N) is 1. The van der Waals surface area contributed by atoms with Crippen LogP contribution in [0.4, 0.5) is 5.69 Å². The number of para-hydroxylation sites is 3. The molecule has 0 aliphatic carbocycles. The van der Waals surface area contributed by atoms with Crippen molar-refractivity contribution in [2.24, 2.45) is 0 Å². The van der Waals surface area contributed by atoms with Gasteiger partial charge < -0.3 is 19.5 Å². The van der Waals surface area contributed by atoms with Crippen LogP contribution < -0.4 is 19.5 Å². The largest absolute Gasteiger partial charge is 0.493 e. The molecule has 0 saturated heterocycles. The number of hydrogen-bond donors (Lipinski definition) is 1. The Morgan fingerprint density at radius 2 is 1.42 bits per heavy atom. The average Bonchev–Trinajstić information content (AvgIpc) is 2.79. The Hall–Kier alpha value is -3.47. The van der Waals surface area contributed by atoms with Crippen molar-refractivity contribution in [3.8, 4) is 17.2 Å². The van der Waals surface area contributed by atoms with E-state index >= 15 is 0 Å². The highest BCUT2D eigenvalue weighted by Gasteiger charge is 2.19. The molecule has 5 nitrogen and oxygen atoms in total. The van der Waals surface area contributed by atoms with Gasteiger partial charge in [-0.3, -0.25) is 4.79 Å². The van der Waals surface area contributed by atoms with E-state index in [4.69, 9.17) is 14.2 Å². The molecular weight excluding hydrogens is 414 g/mol. The van der Waals surface area contributed by atoms with Crippen molar-refractivity contribution in [2.45, 2.75) is 46.6 Å². The summed E-state index contributed by atoms with van der Waals surface area (Å²) in [5, 5.41) is 2.95. The Kier molecular flexibility index (Phi) is 7.99. The first-order valence-electron chi connectivity index (χ1n) is 11.3. The number of hydrogen-bond acceptors (Lipinski definition) is 4. The highest BCUT2D eigenvalue weighted by Crippen LogP contribution is 2.32. The van der Waals surface area contributed by atoms with Crippen molar-refractivity contribution in [3.05, 3.63) is 83.4 Å². The molecule has 3 aromatic rings. The van der Waals surface area contributed by atoms with Crippen molar-refractivity contribution < 1.29 is 19.0 Å². The van der Waals surface area contributed by atoms with Gasteiger partial charge in [-0.2, -0.15) is 0 Å². The monoisotopic (exact) mass is 447 g/mol. The molecule has 0 atom stereocenters. The van der Waals surface area contributed by atoms with Crippen LogP contribution in [-0.2, 0) is 12.0 Å². The van der Waals surface area contributed by atoms with Gasteiger partial charge in [0.15, 0.2) is 0 Å². The van der Waals surface area contributed by atoms with Crippen LogP contribution in [0.2, 0.25) is 0 Å². The molecule has 0 aromatic heterocycles. The van der Waals surface area contributed by atoms with E-state index in [9.17, 15) is 4.79 Å². The fourth-order valence-electron chi connectivity index (χ4n) is 3.54. The van der Waals surface area contributed by atoms with Crippen LogP contribution in [0.3, 0.4) is 0 Å². The first-order chi connectivity index (χ1) is 15.8. The van der Waals surface area contributed by atoms with Crippen molar-refractivity contribution in [2.75, 3.05) is 18.5 Å². The third kappa shape index (κ3) is 6.28. The molecule has 0 bridgehead atoms. The van der Waals surface area contributed by atoms with Gasteiger partial charge >= 0.3 is 0 Å². The SMILES string of the molecule is CCOc1ccc(C(=O)Nc2ccccc2OCC)cc1COc1ccccc1C(C)(C)C. The highest BCUT2D eigenvalue weighted by atomic mass is 16.5. The average molecular weight is 448 g/mol. The first-order valence-corrected chi connectivity index (χ1v) is 11.3. The molecule has 0 fully saturated rings. The molecule has 0 spiro atoms. The van der Waals surface area contributed by atoms with E-state index in [0.29, 0.717) is 42.6 Å². The topological polar surface area (TPSA) is 56.8 Å². The second kappa shape index (κ2) is 10.9.